The highest BCUT2D eigenvalue weighted by molar-refractivity contribution is 6.31. The van der Waals surface area contributed by atoms with E-state index in [9.17, 15) is 0 Å². The van der Waals surface area contributed by atoms with Crippen LogP contribution in [0, 0.1) is 0 Å². The van der Waals surface area contributed by atoms with Gasteiger partial charge in [-0.2, -0.15) is 0 Å². The Kier molecular flexibility index (Phi) is 3.78. The van der Waals surface area contributed by atoms with E-state index >= 15 is 0 Å². The van der Waals surface area contributed by atoms with Gasteiger partial charge in [-0.15, -0.1) is 0 Å². The molecule has 3 nitrogen and oxygen atoms in total. The van der Waals surface area contributed by atoms with Gasteiger partial charge >= 0.3 is 0 Å². The summed E-state index contributed by atoms with van der Waals surface area (Å²) in [6.07, 6.45) is 11.0. The highest BCUT2D eigenvalue weighted by atomic mass is 35.5. The molecule has 0 aliphatic heterocycles. The lowest BCUT2D eigenvalue weighted by molar-refractivity contribution is 0.617. The smallest absolute Gasteiger partial charge is 0.171 e. The minimum atomic E-state index is 0.474. The Labute approximate surface area is 95.3 Å². The maximum atomic E-state index is 5.95. The highest BCUT2D eigenvalue weighted by Gasteiger charge is 2.13. The number of rotatable bonds is 2. The van der Waals surface area contributed by atoms with Crippen LogP contribution < -0.4 is 5.32 Å². The van der Waals surface area contributed by atoms with Crippen LogP contribution in [0.1, 0.15) is 38.5 Å². The average molecular weight is 226 g/mol. The molecule has 0 atom stereocenters. The SMILES string of the molecule is Clc1nccnc1NC1CCCCCC1. The van der Waals surface area contributed by atoms with E-state index < -0.39 is 0 Å². The lowest BCUT2D eigenvalue weighted by atomic mass is 10.1. The molecule has 0 bridgehead atoms. The van der Waals surface area contributed by atoms with Crippen molar-refractivity contribution >= 4 is 17.4 Å². The van der Waals surface area contributed by atoms with Gasteiger partial charge in [0.15, 0.2) is 11.0 Å². The second kappa shape index (κ2) is 5.31. The topological polar surface area (TPSA) is 37.8 Å². The minimum Gasteiger partial charge on any atom is -0.365 e. The molecular formula is C11H16ClN3. The fraction of sp³-hybridized carbons (Fsp3) is 0.636. The number of hydrogen-bond acceptors (Lipinski definition) is 3. The van der Waals surface area contributed by atoms with E-state index in [0.717, 1.165) is 5.82 Å². The van der Waals surface area contributed by atoms with Crippen LogP contribution in [0.15, 0.2) is 12.4 Å². The quantitative estimate of drug-likeness (QED) is 0.786. The van der Waals surface area contributed by atoms with Crippen LogP contribution in [0.3, 0.4) is 0 Å². The molecule has 0 saturated heterocycles. The van der Waals surface area contributed by atoms with E-state index in [0.29, 0.717) is 11.2 Å². The molecule has 1 heterocycles. The molecule has 4 heteroatoms. The van der Waals surface area contributed by atoms with Gasteiger partial charge in [0.1, 0.15) is 0 Å². The number of halogens is 1. The Morgan fingerprint density at radius 3 is 2.40 bits per heavy atom. The maximum absolute atomic E-state index is 5.95. The molecule has 0 unspecified atom stereocenters. The van der Waals surface area contributed by atoms with E-state index in [1.807, 2.05) is 0 Å². The summed E-state index contributed by atoms with van der Waals surface area (Å²) in [6, 6.07) is 0.515. The zero-order valence-corrected chi connectivity index (χ0v) is 9.50. The molecule has 1 aliphatic rings. The van der Waals surface area contributed by atoms with Crippen molar-refractivity contribution in [3.05, 3.63) is 17.5 Å². The molecule has 0 spiro atoms. The highest BCUT2D eigenvalue weighted by Crippen LogP contribution is 2.22. The fourth-order valence-corrected chi connectivity index (χ4v) is 2.19. The molecule has 1 N–H and O–H groups in total. The van der Waals surface area contributed by atoms with E-state index in [4.69, 9.17) is 11.6 Å². The largest absolute Gasteiger partial charge is 0.365 e. The predicted octanol–water partition coefficient (Wildman–Crippen LogP) is 3.26. The van der Waals surface area contributed by atoms with Gasteiger partial charge < -0.3 is 5.32 Å². The molecule has 0 amide bonds. The van der Waals surface area contributed by atoms with Gasteiger partial charge in [0.2, 0.25) is 0 Å². The van der Waals surface area contributed by atoms with Crippen molar-refractivity contribution in [3.8, 4) is 0 Å². The molecular weight excluding hydrogens is 210 g/mol. The number of aromatic nitrogens is 2. The summed E-state index contributed by atoms with van der Waals surface area (Å²) in [5.41, 5.74) is 0. The van der Waals surface area contributed by atoms with Crippen molar-refractivity contribution in [2.24, 2.45) is 0 Å². The first-order chi connectivity index (χ1) is 7.36. The Morgan fingerprint density at radius 2 is 1.73 bits per heavy atom. The third-order valence-corrected chi connectivity index (χ3v) is 3.13. The molecule has 1 saturated carbocycles. The van der Waals surface area contributed by atoms with Gasteiger partial charge in [0, 0.05) is 18.4 Å². The first-order valence-electron chi connectivity index (χ1n) is 5.59. The molecule has 0 aromatic carbocycles. The number of anilines is 1. The van der Waals surface area contributed by atoms with E-state index in [2.05, 4.69) is 15.3 Å². The number of hydrogen-bond donors (Lipinski definition) is 1. The number of nitrogens with zero attached hydrogens (tertiary/aromatic N) is 2. The van der Waals surface area contributed by atoms with E-state index in [1.54, 1.807) is 12.4 Å². The zero-order chi connectivity index (χ0) is 10.5. The van der Waals surface area contributed by atoms with E-state index in [1.165, 1.54) is 38.5 Å². The normalized spacial score (nSPS) is 18.5. The van der Waals surface area contributed by atoms with Gasteiger partial charge in [-0.1, -0.05) is 37.3 Å². The van der Waals surface area contributed by atoms with Crippen LogP contribution in [0.5, 0.6) is 0 Å². The van der Waals surface area contributed by atoms with Crippen LogP contribution in [-0.2, 0) is 0 Å². The Bertz CT molecular complexity index is 308. The molecule has 2 rings (SSSR count). The average Bonchev–Trinajstić information content (AvgIpc) is 2.50. The molecule has 1 aromatic rings. The molecule has 1 aromatic heterocycles. The van der Waals surface area contributed by atoms with Crippen molar-refractivity contribution in [2.75, 3.05) is 5.32 Å². The second-order valence-corrected chi connectivity index (χ2v) is 4.39. The lowest BCUT2D eigenvalue weighted by Crippen LogP contribution is -2.19. The summed E-state index contributed by atoms with van der Waals surface area (Å²) in [5.74, 6) is 0.728. The van der Waals surface area contributed by atoms with E-state index in [-0.39, 0.29) is 0 Å². The first-order valence-corrected chi connectivity index (χ1v) is 5.97. The van der Waals surface area contributed by atoms with Crippen molar-refractivity contribution < 1.29 is 0 Å². The molecule has 15 heavy (non-hydrogen) atoms. The van der Waals surface area contributed by atoms with Gasteiger partial charge in [-0.05, 0) is 12.8 Å². The summed E-state index contributed by atoms with van der Waals surface area (Å²) in [6.45, 7) is 0. The monoisotopic (exact) mass is 225 g/mol. The summed E-state index contributed by atoms with van der Waals surface area (Å²) in [4.78, 5) is 8.21. The summed E-state index contributed by atoms with van der Waals surface area (Å²) < 4.78 is 0. The number of nitrogens with one attached hydrogen (secondary N) is 1. The van der Waals surface area contributed by atoms with Gasteiger partial charge in [0.25, 0.3) is 0 Å². The van der Waals surface area contributed by atoms with Crippen molar-refractivity contribution in [1.29, 1.82) is 0 Å². The van der Waals surface area contributed by atoms with Crippen LogP contribution in [-0.4, -0.2) is 16.0 Å². The van der Waals surface area contributed by atoms with Crippen LogP contribution in [0.2, 0.25) is 5.15 Å². The first kappa shape index (κ1) is 10.7. The lowest BCUT2D eigenvalue weighted by Gasteiger charge is -2.16. The van der Waals surface area contributed by atoms with Crippen molar-refractivity contribution in [1.82, 2.24) is 9.97 Å². The van der Waals surface area contributed by atoms with Gasteiger partial charge in [-0.3, -0.25) is 0 Å². The molecule has 1 aliphatic carbocycles. The van der Waals surface area contributed by atoms with Crippen LogP contribution in [0.4, 0.5) is 5.82 Å². The third kappa shape index (κ3) is 3.06. The Hall–Kier alpha value is -0.830. The predicted molar refractivity (Wildman–Crippen MR) is 62.2 cm³/mol. The summed E-state index contributed by atoms with van der Waals surface area (Å²) in [7, 11) is 0. The van der Waals surface area contributed by atoms with Crippen molar-refractivity contribution in [3.63, 3.8) is 0 Å². The third-order valence-electron chi connectivity index (χ3n) is 2.85. The van der Waals surface area contributed by atoms with Crippen LogP contribution >= 0.6 is 11.6 Å². The summed E-state index contributed by atoms with van der Waals surface area (Å²) in [5, 5.41) is 3.86. The Balaban J connectivity index is 1.98. The van der Waals surface area contributed by atoms with Gasteiger partial charge in [0.05, 0.1) is 0 Å². The summed E-state index contributed by atoms with van der Waals surface area (Å²) >= 11 is 5.95. The Morgan fingerprint density at radius 1 is 1.07 bits per heavy atom. The molecule has 82 valence electrons. The second-order valence-electron chi connectivity index (χ2n) is 4.03. The van der Waals surface area contributed by atoms with Crippen LogP contribution in [0.25, 0.3) is 0 Å². The van der Waals surface area contributed by atoms with Crippen molar-refractivity contribution in [2.45, 2.75) is 44.6 Å². The molecule has 1 fully saturated rings. The minimum absolute atomic E-state index is 0.474. The standard InChI is InChI=1S/C11H16ClN3/c12-10-11(14-8-7-13-10)15-9-5-3-1-2-4-6-9/h7-9H,1-6H2,(H,14,15). The zero-order valence-electron chi connectivity index (χ0n) is 8.75. The maximum Gasteiger partial charge on any atom is 0.171 e. The fourth-order valence-electron chi connectivity index (χ4n) is 2.03. The van der Waals surface area contributed by atoms with Gasteiger partial charge in [-0.25, -0.2) is 9.97 Å². The molecule has 0 radical (unpaired) electrons.